The number of allylic oxidation sites excluding steroid dienone is 8. The van der Waals surface area contributed by atoms with E-state index in [1.54, 1.807) is 0 Å². The summed E-state index contributed by atoms with van der Waals surface area (Å²) in [6.45, 7) is 6.47. The van der Waals surface area contributed by atoms with Gasteiger partial charge in [0.15, 0.2) is 6.10 Å². The maximum absolute atomic E-state index is 12.7. The molecule has 1 atom stereocenters. The molecule has 0 bridgehead atoms. The van der Waals surface area contributed by atoms with E-state index in [1.165, 1.54) is 83.5 Å². The maximum atomic E-state index is 12.7. The molecule has 0 fully saturated rings. The Labute approximate surface area is 346 Å². The number of carbonyl (C=O) groups excluding carboxylic acids is 3. The minimum absolute atomic E-state index is 0.0808. The molecule has 0 aliphatic heterocycles. The molecule has 0 heterocycles. The third kappa shape index (κ3) is 42.5. The van der Waals surface area contributed by atoms with Crippen molar-refractivity contribution in [3.63, 3.8) is 0 Å². The molecule has 0 aliphatic carbocycles. The van der Waals surface area contributed by atoms with Gasteiger partial charge in [0.2, 0.25) is 0 Å². The van der Waals surface area contributed by atoms with Crippen LogP contribution >= 0.6 is 0 Å². The van der Waals surface area contributed by atoms with Gasteiger partial charge in [0.05, 0.1) is 0 Å². The van der Waals surface area contributed by atoms with Crippen LogP contribution in [-0.2, 0) is 28.6 Å². The third-order valence-electron chi connectivity index (χ3n) is 10.1. The Kier molecular flexibility index (Phi) is 43.0. The van der Waals surface area contributed by atoms with Gasteiger partial charge in [-0.05, 0) is 77.0 Å². The number of carbonyl (C=O) groups is 3. The zero-order valence-corrected chi connectivity index (χ0v) is 36.9. The quantitative estimate of drug-likeness (QED) is 0.0265. The average molecular weight is 785 g/mol. The van der Waals surface area contributed by atoms with Crippen LogP contribution in [0.1, 0.15) is 233 Å². The first-order valence-corrected chi connectivity index (χ1v) is 23.6. The molecule has 0 spiro atoms. The van der Waals surface area contributed by atoms with Gasteiger partial charge in [-0.15, -0.1) is 0 Å². The molecule has 6 heteroatoms. The van der Waals surface area contributed by atoms with Crippen molar-refractivity contribution in [1.29, 1.82) is 0 Å². The Hall–Kier alpha value is -2.63. The molecule has 0 N–H and O–H groups in total. The van der Waals surface area contributed by atoms with Crippen LogP contribution in [0, 0.1) is 0 Å². The molecule has 0 aliphatic rings. The number of esters is 3. The van der Waals surface area contributed by atoms with Gasteiger partial charge in [-0.1, -0.05) is 185 Å². The van der Waals surface area contributed by atoms with Crippen LogP contribution in [0.2, 0.25) is 0 Å². The van der Waals surface area contributed by atoms with Crippen molar-refractivity contribution in [2.45, 2.75) is 239 Å². The molecule has 0 aromatic rings. The Balaban J connectivity index is 4.38. The molecule has 0 amide bonds. The molecule has 0 saturated carbocycles. The van der Waals surface area contributed by atoms with Crippen molar-refractivity contribution in [1.82, 2.24) is 0 Å². The monoisotopic (exact) mass is 785 g/mol. The molecule has 1 unspecified atom stereocenters. The minimum Gasteiger partial charge on any atom is -0.462 e. The number of rotatable bonds is 42. The van der Waals surface area contributed by atoms with Gasteiger partial charge in [-0.25, -0.2) is 0 Å². The molecule has 56 heavy (non-hydrogen) atoms. The van der Waals surface area contributed by atoms with Crippen molar-refractivity contribution < 1.29 is 28.6 Å². The second-order valence-corrected chi connectivity index (χ2v) is 15.6. The van der Waals surface area contributed by atoms with Crippen LogP contribution in [0.15, 0.2) is 48.6 Å². The van der Waals surface area contributed by atoms with E-state index in [0.717, 1.165) is 109 Å². The van der Waals surface area contributed by atoms with Gasteiger partial charge in [0.25, 0.3) is 0 Å². The zero-order chi connectivity index (χ0) is 40.8. The van der Waals surface area contributed by atoms with Crippen LogP contribution in [0.5, 0.6) is 0 Å². The lowest BCUT2D eigenvalue weighted by Crippen LogP contribution is -2.30. The highest BCUT2D eigenvalue weighted by Gasteiger charge is 2.19. The van der Waals surface area contributed by atoms with E-state index < -0.39 is 6.10 Å². The summed E-state index contributed by atoms with van der Waals surface area (Å²) in [6.07, 6.45) is 52.3. The summed E-state index contributed by atoms with van der Waals surface area (Å²) in [5.74, 6) is -0.908. The molecule has 0 aromatic heterocycles. The predicted octanol–water partition coefficient (Wildman–Crippen LogP) is 15.1. The third-order valence-corrected chi connectivity index (χ3v) is 10.1. The largest absolute Gasteiger partial charge is 0.462 e. The molecule has 0 saturated heterocycles. The standard InChI is InChI=1S/C50H88O6/c1-4-7-10-13-16-19-21-23-25-27-28-31-34-37-40-43-49(52)55-46-47(45-54-48(51)42-39-36-33-30-18-15-12-9-6-3)56-50(53)44-41-38-35-32-29-26-24-22-20-17-14-11-8-5-2/h7,10,16,19,22-25,47H,4-6,8-9,11-15,17-18,20-21,26-46H2,1-3H3/b10-7-,19-16-,24-22-,25-23-. The van der Waals surface area contributed by atoms with Gasteiger partial charge in [-0.3, -0.25) is 14.4 Å². The number of ether oxygens (including phenoxy) is 3. The first kappa shape index (κ1) is 53.4. The summed E-state index contributed by atoms with van der Waals surface area (Å²) < 4.78 is 16.7. The van der Waals surface area contributed by atoms with Crippen molar-refractivity contribution in [2.75, 3.05) is 13.2 Å². The maximum Gasteiger partial charge on any atom is 0.306 e. The van der Waals surface area contributed by atoms with E-state index in [1.807, 2.05) is 0 Å². The first-order chi connectivity index (χ1) is 27.5. The Morgan fingerprint density at radius 2 is 0.696 bits per heavy atom. The first-order valence-electron chi connectivity index (χ1n) is 23.6. The number of hydrogen-bond donors (Lipinski definition) is 0. The number of unbranched alkanes of at least 4 members (excludes halogenated alkanes) is 23. The summed E-state index contributed by atoms with van der Waals surface area (Å²) >= 11 is 0. The van der Waals surface area contributed by atoms with Crippen molar-refractivity contribution >= 4 is 17.9 Å². The molecular weight excluding hydrogens is 697 g/mol. The molecule has 324 valence electrons. The van der Waals surface area contributed by atoms with Gasteiger partial charge in [-0.2, -0.15) is 0 Å². The average Bonchev–Trinajstić information content (AvgIpc) is 3.19. The Morgan fingerprint density at radius 3 is 1.11 bits per heavy atom. The summed E-state index contributed by atoms with van der Waals surface area (Å²) in [6, 6.07) is 0. The van der Waals surface area contributed by atoms with Crippen LogP contribution in [0.4, 0.5) is 0 Å². The molecule has 0 radical (unpaired) electrons. The Morgan fingerprint density at radius 1 is 0.375 bits per heavy atom. The van der Waals surface area contributed by atoms with E-state index in [-0.39, 0.29) is 31.1 Å². The SMILES string of the molecule is CC/C=C\C/C=C\C/C=C\CCCCCCCC(=O)OCC(COC(=O)CCCCCCCCCCC)OC(=O)CCCCCCC/C=C\CCCCCCC. The lowest BCUT2D eigenvalue weighted by Gasteiger charge is -2.18. The second kappa shape index (κ2) is 45.1. The summed E-state index contributed by atoms with van der Waals surface area (Å²) in [5.41, 5.74) is 0. The summed E-state index contributed by atoms with van der Waals surface area (Å²) in [5, 5.41) is 0. The van der Waals surface area contributed by atoms with Crippen LogP contribution < -0.4 is 0 Å². The normalized spacial score (nSPS) is 12.4. The fourth-order valence-corrected chi connectivity index (χ4v) is 6.51. The lowest BCUT2D eigenvalue weighted by molar-refractivity contribution is -0.167. The van der Waals surface area contributed by atoms with Gasteiger partial charge in [0.1, 0.15) is 13.2 Å². The smallest absolute Gasteiger partial charge is 0.306 e. The van der Waals surface area contributed by atoms with Crippen molar-refractivity contribution in [2.24, 2.45) is 0 Å². The van der Waals surface area contributed by atoms with Crippen molar-refractivity contribution in [3.05, 3.63) is 48.6 Å². The molecule has 6 nitrogen and oxygen atoms in total. The highest BCUT2D eigenvalue weighted by molar-refractivity contribution is 5.71. The molecule has 0 aromatic carbocycles. The van der Waals surface area contributed by atoms with Gasteiger partial charge >= 0.3 is 17.9 Å². The predicted molar refractivity (Wildman–Crippen MR) is 238 cm³/mol. The van der Waals surface area contributed by atoms with Crippen LogP contribution in [0.25, 0.3) is 0 Å². The minimum atomic E-state index is -0.779. The summed E-state index contributed by atoms with van der Waals surface area (Å²) in [4.78, 5) is 37.7. The fraction of sp³-hybridized carbons (Fsp3) is 0.780. The van der Waals surface area contributed by atoms with Crippen molar-refractivity contribution in [3.8, 4) is 0 Å². The van der Waals surface area contributed by atoms with Gasteiger partial charge in [0, 0.05) is 19.3 Å². The topological polar surface area (TPSA) is 78.9 Å². The van der Waals surface area contributed by atoms with E-state index in [4.69, 9.17) is 14.2 Å². The molecule has 0 rings (SSSR count). The molecular formula is C50H88O6. The highest BCUT2D eigenvalue weighted by atomic mass is 16.6. The van der Waals surface area contributed by atoms with Crippen LogP contribution in [-0.4, -0.2) is 37.2 Å². The van der Waals surface area contributed by atoms with Crippen LogP contribution in [0.3, 0.4) is 0 Å². The lowest BCUT2D eigenvalue weighted by atomic mass is 10.1. The highest BCUT2D eigenvalue weighted by Crippen LogP contribution is 2.14. The second-order valence-electron chi connectivity index (χ2n) is 15.6. The van der Waals surface area contributed by atoms with E-state index in [2.05, 4.69) is 69.4 Å². The van der Waals surface area contributed by atoms with E-state index >= 15 is 0 Å². The zero-order valence-electron chi connectivity index (χ0n) is 36.9. The summed E-state index contributed by atoms with van der Waals surface area (Å²) in [7, 11) is 0. The fourth-order valence-electron chi connectivity index (χ4n) is 6.51. The number of hydrogen-bond acceptors (Lipinski definition) is 6. The van der Waals surface area contributed by atoms with E-state index in [0.29, 0.717) is 19.3 Å². The van der Waals surface area contributed by atoms with Gasteiger partial charge < -0.3 is 14.2 Å². The Bertz CT molecular complexity index is 996. The van der Waals surface area contributed by atoms with E-state index in [9.17, 15) is 14.4 Å².